The quantitative estimate of drug-likeness (QED) is 0.542. The van der Waals surface area contributed by atoms with Crippen LogP contribution >= 0.6 is 0 Å². The second-order valence-corrected chi connectivity index (χ2v) is 5.68. The first-order valence-electron chi connectivity index (χ1n) is 7.97. The lowest BCUT2D eigenvalue weighted by Gasteiger charge is -2.13. The molecule has 25 heavy (non-hydrogen) atoms. The number of rotatable bonds is 5. The Bertz CT molecular complexity index is 861. The highest BCUT2D eigenvalue weighted by Gasteiger charge is 2.15. The van der Waals surface area contributed by atoms with E-state index in [-0.39, 0.29) is 6.61 Å². The van der Waals surface area contributed by atoms with Crippen LogP contribution in [0.3, 0.4) is 0 Å². The van der Waals surface area contributed by atoms with Crippen LogP contribution in [0.1, 0.15) is 21.5 Å². The number of aryl methyl sites for hydroxylation is 1. The molecule has 0 unspecified atom stereocenters. The molecular formula is C21H19NO3. The number of nitrogen functional groups attached to an aromatic ring is 1. The molecule has 0 aliphatic heterocycles. The summed E-state index contributed by atoms with van der Waals surface area (Å²) in [4.78, 5) is 12.3. The molecule has 126 valence electrons. The molecule has 0 amide bonds. The minimum absolute atomic E-state index is 0.223. The van der Waals surface area contributed by atoms with Gasteiger partial charge in [0.05, 0.1) is 11.3 Å². The molecule has 0 saturated heterocycles. The van der Waals surface area contributed by atoms with Gasteiger partial charge in [0.15, 0.2) is 5.75 Å². The number of hydrogen-bond donors (Lipinski definition) is 1. The third-order valence-electron chi connectivity index (χ3n) is 3.76. The Balaban J connectivity index is 1.74. The number of esters is 1. The van der Waals surface area contributed by atoms with Gasteiger partial charge < -0.3 is 15.2 Å². The van der Waals surface area contributed by atoms with E-state index in [0.717, 1.165) is 11.1 Å². The largest absolute Gasteiger partial charge is 0.457 e. The van der Waals surface area contributed by atoms with Gasteiger partial charge in [-0.2, -0.15) is 0 Å². The second-order valence-electron chi connectivity index (χ2n) is 5.68. The summed E-state index contributed by atoms with van der Waals surface area (Å²) in [5.41, 5.74) is 8.56. The van der Waals surface area contributed by atoms with E-state index in [1.54, 1.807) is 12.1 Å². The van der Waals surface area contributed by atoms with Gasteiger partial charge in [-0.15, -0.1) is 0 Å². The maximum Gasteiger partial charge on any atom is 0.338 e. The van der Waals surface area contributed by atoms with Crippen LogP contribution in [0.25, 0.3) is 0 Å². The average Bonchev–Trinajstić information content (AvgIpc) is 2.64. The fourth-order valence-electron chi connectivity index (χ4n) is 2.42. The van der Waals surface area contributed by atoms with E-state index in [1.165, 1.54) is 0 Å². The fourth-order valence-corrected chi connectivity index (χ4v) is 2.42. The highest BCUT2D eigenvalue weighted by molar-refractivity contribution is 5.92. The average molecular weight is 333 g/mol. The Morgan fingerprint density at radius 2 is 1.60 bits per heavy atom. The zero-order valence-electron chi connectivity index (χ0n) is 13.9. The van der Waals surface area contributed by atoms with Gasteiger partial charge in [-0.1, -0.05) is 48.5 Å². The SMILES string of the molecule is Cc1cc(Oc2ccccc2)c(N)cc1C(=O)OCc1ccccc1. The number of carbonyl (C=O) groups excluding carboxylic acids is 1. The van der Waals surface area contributed by atoms with E-state index >= 15 is 0 Å². The Morgan fingerprint density at radius 3 is 2.28 bits per heavy atom. The van der Waals surface area contributed by atoms with Crippen LogP contribution in [0.5, 0.6) is 11.5 Å². The Hall–Kier alpha value is -3.27. The summed E-state index contributed by atoms with van der Waals surface area (Å²) < 4.78 is 11.1. The number of ether oxygens (including phenoxy) is 2. The van der Waals surface area contributed by atoms with Gasteiger partial charge >= 0.3 is 5.97 Å². The van der Waals surface area contributed by atoms with Crippen molar-refractivity contribution in [2.24, 2.45) is 0 Å². The van der Waals surface area contributed by atoms with Gasteiger partial charge in [-0.05, 0) is 42.3 Å². The van der Waals surface area contributed by atoms with Crippen molar-refractivity contribution in [2.75, 3.05) is 5.73 Å². The number of para-hydroxylation sites is 1. The molecule has 2 N–H and O–H groups in total. The molecule has 3 aromatic carbocycles. The molecule has 0 saturated carbocycles. The van der Waals surface area contributed by atoms with Crippen LogP contribution in [-0.4, -0.2) is 5.97 Å². The zero-order chi connectivity index (χ0) is 17.6. The normalized spacial score (nSPS) is 10.3. The van der Waals surface area contributed by atoms with Gasteiger partial charge in [0.2, 0.25) is 0 Å². The summed E-state index contributed by atoms with van der Waals surface area (Å²) >= 11 is 0. The molecule has 4 heteroatoms. The molecule has 0 radical (unpaired) electrons. The van der Waals surface area contributed by atoms with Crippen LogP contribution in [0.2, 0.25) is 0 Å². The number of nitrogens with two attached hydrogens (primary N) is 1. The first kappa shape index (κ1) is 16.6. The van der Waals surface area contributed by atoms with Crippen molar-refractivity contribution in [1.29, 1.82) is 0 Å². The Morgan fingerprint density at radius 1 is 0.960 bits per heavy atom. The molecule has 0 atom stereocenters. The van der Waals surface area contributed by atoms with Crippen molar-refractivity contribution in [2.45, 2.75) is 13.5 Å². The van der Waals surface area contributed by atoms with Crippen molar-refractivity contribution in [3.05, 3.63) is 89.5 Å². The van der Waals surface area contributed by atoms with Crippen LogP contribution in [0.4, 0.5) is 5.69 Å². The first-order chi connectivity index (χ1) is 12.1. The summed E-state index contributed by atoms with van der Waals surface area (Å²) in [5.74, 6) is 0.802. The third kappa shape index (κ3) is 4.18. The van der Waals surface area contributed by atoms with Gasteiger partial charge in [-0.3, -0.25) is 0 Å². The predicted molar refractivity (Wildman–Crippen MR) is 97.7 cm³/mol. The molecule has 3 rings (SSSR count). The summed E-state index contributed by atoms with van der Waals surface area (Å²) in [6, 6.07) is 22.3. The highest BCUT2D eigenvalue weighted by atomic mass is 16.5. The van der Waals surface area contributed by atoms with Crippen LogP contribution < -0.4 is 10.5 Å². The topological polar surface area (TPSA) is 61.5 Å². The first-order valence-corrected chi connectivity index (χ1v) is 7.97. The van der Waals surface area contributed by atoms with Crippen molar-refractivity contribution in [1.82, 2.24) is 0 Å². The molecule has 0 spiro atoms. The van der Waals surface area contributed by atoms with Crippen molar-refractivity contribution in [3.63, 3.8) is 0 Å². The second kappa shape index (κ2) is 7.53. The van der Waals surface area contributed by atoms with E-state index < -0.39 is 5.97 Å². The Kier molecular flexibility index (Phi) is 5.00. The Labute approximate surface area is 146 Å². The molecular weight excluding hydrogens is 314 g/mol. The van der Waals surface area contributed by atoms with E-state index in [1.807, 2.05) is 67.6 Å². The molecule has 0 heterocycles. The molecule has 3 aromatic rings. The van der Waals surface area contributed by atoms with E-state index in [2.05, 4.69) is 0 Å². The van der Waals surface area contributed by atoms with Crippen LogP contribution in [0, 0.1) is 6.92 Å². The molecule has 0 aromatic heterocycles. The molecule has 0 aliphatic carbocycles. The summed E-state index contributed by atoms with van der Waals surface area (Å²) in [6.45, 7) is 2.05. The van der Waals surface area contributed by atoms with Gasteiger partial charge in [0.1, 0.15) is 12.4 Å². The minimum atomic E-state index is -0.403. The number of benzene rings is 3. The van der Waals surface area contributed by atoms with Crippen LogP contribution in [-0.2, 0) is 11.3 Å². The lowest BCUT2D eigenvalue weighted by Crippen LogP contribution is -2.08. The van der Waals surface area contributed by atoms with E-state index in [0.29, 0.717) is 22.7 Å². The lowest BCUT2D eigenvalue weighted by molar-refractivity contribution is 0.0472. The number of anilines is 1. The molecule has 4 nitrogen and oxygen atoms in total. The zero-order valence-corrected chi connectivity index (χ0v) is 13.9. The summed E-state index contributed by atoms with van der Waals surface area (Å²) in [6.07, 6.45) is 0. The minimum Gasteiger partial charge on any atom is -0.457 e. The lowest BCUT2D eigenvalue weighted by atomic mass is 10.1. The highest BCUT2D eigenvalue weighted by Crippen LogP contribution is 2.30. The fraction of sp³-hybridized carbons (Fsp3) is 0.0952. The molecule has 0 aliphatic rings. The summed E-state index contributed by atoms with van der Waals surface area (Å²) in [7, 11) is 0. The monoisotopic (exact) mass is 333 g/mol. The number of hydrogen-bond acceptors (Lipinski definition) is 4. The maximum absolute atomic E-state index is 12.3. The number of carbonyl (C=O) groups is 1. The van der Waals surface area contributed by atoms with E-state index in [9.17, 15) is 4.79 Å². The smallest absolute Gasteiger partial charge is 0.338 e. The standard InChI is InChI=1S/C21H19NO3/c1-15-12-20(25-17-10-6-3-7-11-17)19(22)13-18(15)21(23)24-14-16-8-4-2-5-9-16/h2-13H,14,22H2,1H3. The van der Waals surface area contributed by atoms with Gasteiger partial charge in [0.25, 0.3) is 0 Å². The van der Waals surface area contributed by atoms with Crippen molar-refractivity contribution < 1.29 is 14.3 Å². The van der Waals surface area contributed by atoms with Crippen molar-refractivity contribution in [3.8, 4) is 11.5 Å². The van der Waals surface area contributed by atoms with E-state index in [4.69, 9.17) is 15.2 Å². The van der Waals surface area contributed by atoms with Crippen LogP contribution in [0.15, 0.2) is 72.8 Å². The van der Waals surface area contributed by atoms with Gasteiger partial charge in [-0.25, -0.2) is 4.79 Å². The van der Waals surface area contributed by atoms with Gasteiger partial charge in [0, 0.05) is 0 Å². The summed E-state index contributed by atoms with van der Waals surface area (Å²) in [5, 5.41) is 0. The molecule has 0 fully saturated rings. The predicted octanol–water partition coefficient (Wildman–Crippen LogP) is 4.73. The molecule has 0 bridgehead atoms. The third-order valence-corrected chi connectivity index (χ3v) is 3.76. The van der Waals surface area contributed by atoms with Crippen molar-refractivity contribution >= 4 is 11.7 Å². The maximum atomic E-state index is 12.3.